The molecule has 0 saturated carbocycles. The number of hydrogen-bond acceptors (Lipinski definition) is 5. The quantitative estimate of drug-likeness (QED) is 0.232. The highest BCUT2D eigenvalue weighted by molar-refractivity contribution is 6.19. The summed E-state index contributed by atoms with van der Waals surface area (Å²) < 4.78 is 21.4. The maximum atomic E-state index is 14.6. The van der Waals surface area contributed by atoms with Crippen LogP contribution in [-0.2, 0) is 16.1 Å². The van der Waals surface area contributed by atoms with E-state index in [4.69, 9.17) is 9.84 Å². The Morgan fingerprint density at radius 2 is 1.73 bits per heavy atom. The molecule has 2 heterocycles. The fourth-order valence-corrected chi connectivity index (χ4v) is 4.51. The highest BCUT2D eigenvalue weighted by Crippen LogP contribution is 2.32. The van der Waals surface area contributed by atoms with Crippen LogP contribution in [0.25, 0.3) is 23.0 Å². The average molecular weight is 533 g/mol. The van der Waals surface area contributed by atoms with Crippen molar-refractivity contribution in [2.24, 2.45) is 0 Å². The molecule has 1 aliphatic heterocycles. The number of para-hydroxylation sites is 1. The molecule has 1 aliphatic rings. The van der Waals surface area contributed by atoms with Gasteiger partial charge in [0, 0.05) is 22.9 Å². The summed E-state index contributed by atoms with van der Waals surface area (Å²) in [5.74, 6) is -0.924. The summed E-state index contributed by atoms with van der Waals surface area (Å²) in [5.41, 5.74) is 3.84. The molecule has 0 radical (unpaired) electrons. The molecule has 3 aromatic carbocycles. The number of aromatic nitrogens is 2. The van der Waals surface area contributed by atoms with Crippen molar-refractivity contribution in [1.29, 1.82) is 5.26 Å². The number of carbonyl (C=O) groups excluding carboxylic acids is 2. The second kappa shape index (κ2) is 10.8. The SMILES string of the molecule is COc1ccc(CN2C(=O)C(C#N)=C(C)/C(=C\c3cn(-c4ccccc4)nc3-c3ccc(C)c(F)c3)C2=O)cc1. The third-order valence-electron chi connectivity index (χ3n) is 6.83. The van der Waals surface area contributed by atoms with Gasteiger partial charge >= 0.3 is 0 Å². The monoisotopic (exact) mass is 532 g/mol. The number of ether oxygens (including phenoxy) is 1. The van der Waals surface area contributed by atoms with Gasteiger partial charge in [-0.05, 0) is 67.0 Å². The predicted molar refractivity (Wildman–Crippen MR) is 149 cm³/mol. The molecule has 0 bridgehead atoms. The Bertz CT molecular complexity index is 1730. The maximum Gasteiger partial charge on any atom is 0.271 e. The lowest BCUT2D eigenvalue weighted by Crippen LogP contribution is -2.42. The minimum atomic E-state index is -0.654. The van der Waals surface area contributed by atoms with E-state index >= 15 is 0 Å². The van der Waals surface area contributed by atoms with Crippen LogP contribution in [0.4, 0.5) is 4.39 Å². The number of rotatable bonds is 6. The Kier molecular flexibility index (Phi) is 7.13. The van der Waals surface area contributed by atoms with Gasteiger partial charge in [-0.25, -0.2) is 9.07 Å². The number of methoxy groups -OCH3 is 1. The van der Waals surface area contributed by atoms with Gasteiger partial charge in [-0.15, -0.1) is 0 Å². The molecule has 0 saturated heterocycles. The van der Waals surface area contributed by atoms with Gasteiger partial charge in [0.15, 0.2) is 0 Å². The Morgan fingerprint density at radius 1 is 1.00 bits per heavy atom. The molecule has 0 unspecified atom stereocenters. The molecule has 0 aliphatic carbocycles. The molecule has 2 amide bonds. The Balaban J connectivity index is 1.63. The first kappa shape index (κ1) is 26.3. The highest BCUT2D eigenvalue weighted by atomic mass is 19.1. The van der Waals surface area contributed by atoms with Gasteiger partial charge in [-0.1, -0.05) is 42.5 Å². The van der Waals surface area contributed by atoms with Crippen LogP contribution in [0, 0.1) is 24.1 Å². The van der Waals surface area contributed by atoms with Crippen LogP contribution < -0.4 is 4.74 Å². The van der Waals surface area contributed by atoms with Crippen molar-refractivity contribution in [2.75, 3.05) is 7.11 Å². The van der Waals surface area contributed by atoms with Crippen molar-refractivity contribution in [3.05, 3.63) is 118 Å². The van der Waals surface area contributed by atoms with Gasteiger partial charge < -0.3 is 4.74 Å². The van der Waals surface area contributed by atoms with Crippen molar-refractivity contribution in [3.8, 4) is 28.8 Å². The molecule has 40 heavy (non-hydrogen) atoms. The summed E-state index contributed by atoms with van der Waals surface area (Å²) in [6, 6.07) is 23.2. The van der Waals surface area contributed by atoms with Crippen LogP contribution in [0.3, 0.4) is 0 Å². The third kappa shape index (κ3) is 4.93. The first-order valence-electron chi connectivity index (χ1n) is 12.5. The number of nitriles is 1. The number of imide groups is 1. The highest BCUT2D eigenvalue weighted by Gasteiger charge is 2.35. The summed E-state index contributed by atoms with van der Waals surface area (Å²) in [6.45, 7) is 3.24. The van der Waals surface area contributed by atoms with Crippen molar-refractivity contribution < 1.29 is 18.7 Å². The molecule has 5 rings (SSSR count). The largest absolute Gasteiger partial charge is 0.497 e. The van der Waals surface area contributed by atoms with Crippen LogP contribution >= 0.6 is 0 Å². The van der Waals surface area contributed by atoms with E-state index in [0.29, 0.717) is 33.7 Å². The molecular formula is C32H25FN4O3. The number of hydrogen-bond donors (Lipinski definition) is 0. The van der Waals surface area contributed by atoms with Crippen molar-refractivity contribution >= 4 is 17.9 Å². The summed E-state index contributed by atoms with van der Waals surface area (Å²) in [5, 5.41) is 14.5. The normalized spacial score (nSPS) is 14.6. The zero-order valence-corrected chi connectivity index (χ0v) is 22.2. The molecule has 0 spiro atoms. The third-order valence-corrected chi connectivity index (χ3v) is 6.83. The minimum Gasteiger partial charge on any atom is -0.497 e. The van der Waals surface area contributed by atoms with Gasteiger partial charge in [-0.3, -0.25) is 14.5 Å². The van der Waals surface area contributed by atoms with E-state index in [0.717, 1.165) is 10.6 Å². The number of nitrogens with zero attached hydrogens (tertiary/aromatic N) is 4. The molecule has 7 nitrogen and oxygen atoms in total. The number of amides is 2. The topological polar surface area (TPSA) is 88.2 Å². The lowest BCUT2D eigenvalue weighted by Gasteiger charge is -2.27. The first-order valence-corrected chi connectivity index (χ1v) is 12.5. The van der Waals surface area contributed by atoms with Crippen LogP contribution in [0.5, 0.6) is 5.75 Å². The fraction of sp³-hybridized carbons (Fsp3) is 0.125. The molecule has 0 atom stereocenters. The summed E-state index contributed by atoms with van der Waals surface area (Å²) in [4.78, 5) is 28.0. The van der Waals surface area contributed by atoms with Crippen LogP contribution in [0.1, 0.15) is 23.6 Å². The van der Waals surface area contributed by atoms with Crippen LogP contribution in [-0.4, -0.2) is 33.6 Å². The zero-order chi connectivity index (χ0) is 28.4. The van der Waals surface area contributed by atoms with E-state index < -0.39 is 11.8 Å². The van der Waals surface area contributed by atoms with Crippen molar-refractivity contribution in [1.82, 2.24) is 14.7 Å². The Hall–Kier alpha value is -5.29. The lowest BCUT2D eigenvalue weighted by atomic mass is 9.93. The second-order valence-electron chi connectivity index (χ2n) is 9.39. The van der Waals surface area contributed by atoms with Crippen LogP contribution in [0.2, 0.25) is 0 Å². The molecule has 8 heteroatoms. The van der Waals surface area contributed by atoms with Crippen molar-refractivity contribution in [3.63, 3.8) is 0 Å². The number of halogens is 1. The van der Waals surface area contributed by atoms with E-state index in [9.17, 15) is 19.2 Å². The van der Waals surface area contributed by atoms with Crippen LogP contribution in [0.15, 0.2) is 95.7 Å². The summed E-state index contributed by atoms with van der Waals surface area (Å²) in [6.07, 6.45) is 3.36. The summed E-state index contributed by atoms with van der Waals surface area (Å²) >= 11 is 0. The molecule has 0 fully saturated rings. The van der Waals surface area contributed by atoms with Gasteiger partial charge in [-0.2, -0.15) is 10.4 Å². The number of aryl methyl sites for hydroxylation is 1. The molecule has 1 aromatic heterocycles. The molecule has 198 valence electrons. The smallest absolute Gasteiger partial charge is 0.271 e. The van der Waals surface area contributed by atoms with E-state index in [-0.39, 0.29) is 29.1 Å². The number of benzene rings is 3. The average Bonchev–Trinajstić information content (AvgIpc) is 3.40. The Labute approximate surface area is 231 Å². The van der Waals surface area contributed by atoms with Gasteiger partial charge in [0.25, 0.3) is 11.8 Å². The van der Waals surface area contributed by atoms with E-state index in [1.54, 1.807) is 74.3 Å². The molecule has 4 aromatic rings. The van der Waals surface area contributed by atoms with E-state index in [1.165, 1.54) is 6.07 Å². The summed E-state index contributed by atoms with van der Waals surface area (Å²) in [7, 11) is 1.55. The standard InChI is InChI=1S/C32H25FN4O3/c1-20-9-12-23(16-29(20)33)30-24(19-37(35-30)25-7-5-4-6-8-25)15-27-21(2)28(17-34)32(39)36(31(27)38)18-22-10-13-26(40-3)14-11-22/h4-16,19H,18H2,1-3H3/b27-15+. The van der Waals surface area contributed by atoms with Crippen molar-refractivity contribution in [2.45, 2.75) is 20.4 Å². The van der Waals surface area contributed by atoms with Gasteiger partial charge in [0.1, 0.15) is 28.9 Å². The lowest BCUT2D eigenvalue weighted by molar-refractivity contribution is -0.141. The maximum absolute atomic E-state index is 14.6. The molecular weight excluding hydrogens is 507 g/mol. The van der Waals surface area contributed by atoms with E-state index in [1.807, 2.05) is 36.4 Å². The molecule has 0 N–H and O–H groups in total. The Morgan fingerprint density at radius 3 is 2.38 bits per heavy atom. The predicted octanol–water partition coefficient (Wildman–Crippen LogP) is 5.79. The number of carbonyl (C=O) groups is 2. The zero-order valence-electron chi connectivity index (χ0n) is 22.2. The fourth-order valence-electron chi connectivity index (χ4n) is 4.51. The van der Waals surface area contributed by atoms with Gasteiger partial charge in [0.2, 0.25) is 0 Å². The second-order valence-corrected chi connectivity index (χ2v) is 9.39. The first-order chi connectivity index (χ1) is 19.3. The minimum absolute atomic E-state index is 0.0171. The van der Waals surface area contributed by atoms with E-state index in [2.05, 4.69) is 0 Å². The van der Waals surface area contributed by atoms with Gasteiger partial charge in [0.05, 0.1) is 19.3 Å².